The molecule has 0 spiro atoms. The molecule has 0 aliphatic carbocycles. The molecule has 1 aromatic carbocycles. The molecule has 9 nitrogen and oxygen atoms in total. The maximum Gasteiger partial charge on any atom is 0.417 e. The molecule has 0 bridgehead atoms. The van der Waals surface area contributed by atoms with E-state index in [1.807, 2.05) is 6.07 Å². The van der Waals surface area contributed by atoms with Gasteiger partial charge in [0.25, 0.3) is 0 Å². The first-order valence-electron chi connectivity index (χ1n) is 10.3. The minimum Gasteiger partial charge on any atom is -0.446 e. The number of cyclic esters (lactones) is 1. The Kier molecular flexibility index (Phi) is 8.18. The summed E-state index contributed by atoms with van der Waals surface area (Å²) in [6, 6.07) is 8.39. The third-order valence-corrected chi connectivity index (χ3v) is 6.27. The third-order valence-electron chi connectivity index (χ3n) is 5.42. The second-order valence-electron chi connectivity index (χ2n) is 7.66. The third kappa shape index (κ3) is 5.26. The summed E-state index contributed by atoms with van der Waals surface area (Å²) in [6.07, 6.45) is -0.386. The van der Waals surface area contributed by atoms with Crippen LogP contribution in [-0.4, -0.2) is 71.2 Å². The Morgan fingerprint density at radius 1 is 1.31 bits per heavy atom. The van der Waals surface area contributed by atoms with E-state index in [1.54, 1.807) is 24.3 Å². The van der Waals surface area contributed by atoms with Gasteiger partial charge >= 0.3 is 6.09 Å². The molecule has 1 aromatic rings. The molecule has 3 rings (SSSR count). The summed E-state index contributed by atoms with van der Waals surface area (Å²) < 4.78 is 16.2. The fourth-order valence-electron chi connectivity index (χ4n) is 3.69. The lowest BCUT2D eigenvalue weighted by Crippen LogP contribution is -2.51. The Morgan fingerprint density at radius 2 is 2.03 bits per heavy atom. The van der Waals surface area contributed by atoms with Crippen molar-refractivity contribution < 1.29 is 38.8 Å². The predicted octanol–water partition coefficient (Wildman–Crippen LogP) is 2.07. The monoisotopic (exact) mass is 511 g/mol. The molecule has 1 fully saturated rings. The number of rotatable bonds is 9. The number of carbonyl (C=O) groups is 3. The minimum absolute atomic E-state index is 0.0179. The number of aliphatic hydroxyl groups excluding tert-OH is 1. The van der Waals surface area contributed by atoms with E-state index < -0.39 is 41.6 Å². The molecule has 0 radical (unpaired) electrons. The van der Waals surface area contributed by atoms with Gasteiger partial charge in [-0.3, -0.25) is 9.59 Å². The van der Waals surface area contributed by atoms with Gasteiger partial charge in [-0.25, -0.2) is 9.69 Å². The van der Waals surface area contributed by atoms with Crippen molar-refractivity contribution in [3.63, 3.8) is 0 Å². The van der Waals surface area contributed by atoms with Crippen molar-refractivity contribution in [3.05, 3.63) is 46.5 Å². The number of ketones is 1. The van der Waals surface area contributed by atoms with Crippen molar-refractivity contribution in [3.8, 4) is 0 Å². The summed E-state index contributed by atoms with van der Waals surface area (Å²) in [7, 11) is 0. The SMILES string of the molecule is C[C@H](C(=O)N1C(=O)OC[C@@H]1c1ccccc1)[C@H]1O[C@](O)(CCCOCCO)C(Br)=CC1=O. The first-order valence-corrected chi connectivity index (χ1v) is 11.1. The summed E-state index contributed by atoms with van der Waals surface area (Å²) in [5.41, 5.74) is 0.733. The van der Waals surface area contributed by atoms with Crippen molar-refractivity contribution in [1.29, 1.82) is 0 Å². The second-order valence-corrected chi connectivity index (χ2v) is 8.51. The van der Waals surface area contributed by atoms with E-state index in [0.717, 1.165) is 10.5 Å². The predicted molar refractivity (Wildman–Crippen MR) is 116 cm³/mol. The highest BCUT2D eigenvalue weighted by molar-refractivity contribution is 9.11. The summed E-state index contributed by atoms with van der Waals surface area (Å²) in [4.78, 5) is 39.2. The van der Waals surface area contributed by atoms with E-state index in [4.69, 9.17) is 19.3 Å². The molecular formula is C22H26BrNO8. The number of halogens is 1. The normalized spacial score (nSPS) is 26.6. The number of aliphatic hydroxyl groups is 2. The number of amides is 2. The lowest BCUT2D eigenvalue weighted by molar-refractivity contribution is -0.217. The molecule has 32 heavy (non-hydrogen) atoms. The average Bonchev–Trinajstić information content (AvgIpc) is 3.17. The van der Waals surface area contributed by atoms with Gasteiger partial charge in [0.1, 0.15) is 18.8 Å². The van der Waals surface area contributed by atoms with Crippen LogP contribution < -0.4 is 0 Å². The molecule has 4 atom stereocenters. The quantitative estimate of drug-likeness (QED) is 0.483. The Bertz CT molecular complexity index is 876. The van der Waals surface area contributed by atoms with Crippen molar-refractivity contribution in [2.75, 3.05) is 26.4 Å². The van der Waals surface area contributed by atoms with Gasteiger partial charge in [0.05, 0.1) is 23.6 Å². The number of imide groups is 1. The zero-order valence-electron chi connectivity index (χ0n) is 17.6. The van der Waals surface area contributed by atoms with Gasteiger partial charge in [-0.2, -0.15) is 0 Å². The zero-order chi connectivity index (χ0) is 23.3. The van der Waals surface area contributed by atoms with Crippen LogP contribution in [0.25, 0.3) is 0 Å². The number of carbonyl (C=O) groups excluding carboxylic acids is 3. The van der Waals surface area contributed by atoms with Crippen LogP contribution >= 0.6 is 15.9 Å². The molecule has 2 aliphatic heterocycles. The molecule has 2 N–H and O–H groups in total. The van der Waals surface area contributed by atoms with Gasteiger partial charge < -0.3 is 24.4 Å². The van der Waals surface area contributed by atoms with Gasteiger partial charge in [-0.15, -0.1) is 0 Å². The standard InChI is InChI=1S/C22H26BrNO8/c1-14(20(27)24-16(13-31-21(24)28)15-6-3-2-4-7-15)19-17(26)12-18(23)22(29,32-19)8-5-10-30-11-9-25/h2-4,6-7,12,14,16,19,25,29H,5,8-11,13H2,1H3/t14-,16+,19+,22+/m0/s1. The van der Waals surface area contributed by atoms with Crippen LogP contribution in [0.5, 0.6) is 0 Å². The van der Waals surface area contributed by atoms with Crippen molar-refractivity contribution in [2.45, 2.75) is 37.7 Å². The Labute approximate surface area is 194 Å². The lowest BCUT2D eigenvalue weighted by atomic mass is 9.93. The summed E-state index contributed by atoms with van der Waals surface area (Å²) in [5.74, 6) is -3.99. The first kappa shape index (κ1) is 24.5. The van der Waals surface area contributed by atoms with Crippen molar-refractivity contribution >= 4 is 33.7 Å². The van der Waals surface area contributed by atoms with Gasteiger partial charge in [0.15, 0.2) is 11.6 Å². The summed E-state index contributed by atoms with van der Waals surface area (Å²) in [6.45, 7) is 1.85. The van der Waals surface area contributed by atoms with Crippen LogP contribution in [0.1, 0.15) is 31.4 Å². The van der Waals surface area contributed by atoms with Gasteiger partial charge in [0, 0.05) is 13.0 Å². The highest BCUT2D eigenvalue weighted by Gasteiger charge is 2.48. The van der Waals surface area contributed by atoms with E-state index in [0.29, 0.717) is 6.42 Å². The minimum atomic E-state index is -1.82. The van der Waals surface area contributed by atoms with E-state index >= 15 is 0 Å². The zero-order valence-corrected chi connectivity index (χ0v) is 19.2. The van der Waals surface area contributed by atoms with Crippen LogP contribution in [-0.2, 0) is 23.8 Å². The number of benzene rings is 1. The van der Waals surface area contributed by atoms with Crippen LogP contribution in [0.3, 0.4) is 0 Å². The Hall–Kier alpha value is -2.11. The van der Waals surface area contributed by atoms with Crippen molar-refractivity contribution in [2.24, 2.45) is 5.92 Å². The largest absolute Gasteiger partial charge is 0.446 e. The number of nitrogens with zero attached hydrogens (tertiary/aromatic N) is 1. The molecule has 0 aromatic heterocycles. The maximum absolute atomic E-state index is 13.2. The molecular weight excluding hydrogens is 486 g/mol. The Balaban J connectivity index is 1.74. The lowest BCUT2D eigenvalue weighted by Gasteiger charge is -2.37. The highest BCUT2D eigenvalue weighted by atomic mass is 79.9. The number of hydrogen-bond donors (Lipinski definition) is 2. The smallest absolute Gasteiger partial charge is 0.417 e. The Morgan fingerprint density at radius 3 is 2.72 bits per heavy atom. The summed E-state index contributed by atoms with van der Waals surface area (Å²) in [5, 5.41) is 19.7. The van der Waals surface area contributed by atoms with Gasteiger partial charge in [0.2, 0.25) is 5.91 Å². The van der Waals surface area contributed by atoms with Crippen LogP contribution in [0, 0.1) is 5.92 Å². The molecule has 2 aliphatic rings. The second kappa shape index (κ2) is 10.7. The highest BCUT2D eigenvalue weighted by Crippen LogP contribution is 2.37. The molecule has 174 valence electrons. The van der Waals surface area contributed by atoms with E-state index in [2.05, 4.69) is 15.9 Å². The molecule has 0 saturated carbocycles. The van der Waals surface area contributed by atoms with E-state index in [-0.39, 0.29) is 37.3 Å². The average molecular weight is 512 g/mol. The van der Waals surface area contributed by atoms with Crippen LogP contribution in [0.4, 0.5) is 4.79 Å². The first-order chi connectivity index (χ1) is 15.3. The fourth-order valence-corrected chi connectivity index (χ4v) is 4.20. The fraction of sp³-hybridized carbons (Fsp3) is 0.500. The maximum atomic E-state index is 13.2. The molecule has 10 heteroatoms. The number of hydrogen-bond acceptors (Lipinski definition) is 8. The summed E-state index contributed by atoms with van der Waals surface area (Å²) >= 11 is 3.18. The molecule has 1 saturated heterocycles. The molecule has 0 unspecified atom stereocenters. The van der Waals surface area contributed by atoms with Crippen LogP contribution in [0.2, 0.25) is 0 Å². The molecule has 2 heterocycles. The van der Waals surface area contributed by atoms with Gasteiger partial charge in [-0.1, -0.05) is 37.3 Å². The van der Waals surface area contributed by atoms with E-state index in [9.17, 15) is 19.5 Å². The topological polar surface area (TPSA) is 123 Å². The van der Waals surface area contributed by atoms with Crippen LogP contribution in [0.15, 0.2) is 40.9 Å². The number of ether oxygens (including phenoxy) is 3. The van der Waals surface area contributed by atoms with Crippen molar-refractivity contribution in [1.82, 2.24) is 4.90 Å². The van der Waals surface area contributed by atoms with E-state index in [1.165, 1.54) is 13.0 Å². The molecule has 2 amide bonds. The van der Waals surface area contributed by atoms with Gasteiger partial charge in [-0.05, 0) is 34.0 Å².